The molecule has 41 atom stereocenters. The van der Waals surface area contributed by atoms with E-state index in [0.717, 1.165) is 11.9 Å². The zero-order valence-corrected chi connectivity index (χ0v) is 59.1. The van der Waals surface area contributed by atoms with Crippen molar-refractivity contribution < 1.29 is 168 Å². The van der Waals surface area contributed by atoms with E-state index >= 15 is 4.79 Å². The smallest absolute Gasteiger partial charge is 0.315 e. The fourth-order valence-electron chi connectivity index (χ4n) is 19.9. The van der Waals surface area contributed by atoms with Crippen LogP contribution in [0, 0.1) is 50.2 Å². The van der Waals surface area contributed by atoms with Gasteiger partial charge in [-0.2, -0.15) is 0 Å². The van der Waals surface area contributed by atoms with Gasteiger partial charge in [-0.3, -0.25) is 4.79 Å². The highest BCUT2D eigenvalue weighted by Gasteiger charge is 2.71. The Morgan fingerprint density at radius 2 is 0.981 bits per heavy atom. The van der Waals surface area contributed by atoms with E-state index < -0.39 is 269 Å². The molecule has 590 valence electrons. The summed E-state index contributed by atoms with van der Waals surface area (Å²) in [6, 6.07) is 0. The highest BCUT2D eigenvalue weighted by molar-refractivity contribution is 5.79. The third-order valence-electron chi connectivity index (χ3n) is 26.5. The Labute approximate surface area is 595 Å². The van der Waals surface area contributed by atoms with Crippen LogP contribution in [0.1, 0.15) is 120 Å². The maximum atomic E-state index is 15.7. The summed E-state index contributed by atoms with van der Waals surface area (Å²) in [6.45, 7) is 12.7. The van der Waals surface area contributed by atoms with E-state index in [9.17, 15) is 96.7 Å². The van der Waals surface area contributed by atoms with E-state index in [1.54, 1.807) is 0 Å². The van der Waals surface area contributed by atoms with Crippen LogP contribution >= 0.6 is 0 Å². The molecule has 1 unspecified atom stereocenters. The summed E-state index contributed by atoms with van der Waals surface area (Å²) >= 11 is 0. The third-order valence-corrected chi connectivity index (χ3v) is 26.5. The molecule has 12 rings (SSSR count). The summed E-state index contributed by atoms with van der Waals surface area (Å²) in [5.74, 6) is -1.41. The lowest BCUT2D eigenvalue weighted by molar-refractivity contribution is -0.395. The van der Waals surface area contributed by atoms with E-state index in [1.165, 1.54) is 13.8 Å². The molecule has 0 spiro atoms. The van der Waals surface area contributed by atoms with Gasteiger partial charge in [-0.25, -0.2) is 0 Å². The van der Waals surface area contributed by atoms with Crippen LogP contribution in [0.2, 0.25) is 0 Å². The number of aliphatic hydroxyl groups excluding tert-OH is 18. The minimum Gasteiger partial charge on any atom is -0.432 e. The molecule has 34 nitrogen and oxygen atoms in total. The Balaban J connectivity index is 0.763. The van der Waals surface area contributed by atoms with Crippen molar-refractivity contribution in [2.24, 2.45) is 50.2 Å². The van der Waals surface area contributed by atoms with Crippen LogP contribution in [0.3, 0.4) is 0 Å². The maximum Gasteiger partial charge on any atom is 0.315 e. The number of ether oxygens (including phenoxy) is 14. The highest BCUT2D eigenvalue weighted by atomic mass is 16.8. The molecule has 0 aromatic rings. The average molecular weight is 1480 g/mol. The Kier molecular flexibility index (Phi) is 23.6. The van der Waals surface area contributed by atoms with Crippen molar-refractivity contribution in [3.63, 3.8) is 0 Å². The molecule has 0 aromatic carbocycles. The average Bonchev–Trinajstić information content (AvgIpc) is 0.674. The van der Waals surface area contributed by atoms with Gasteiger partial charge in [0.15, 0.2) is 43.8 Å². The lowest BCUT2D eigenvalue weighted by Gasteiger charge is -2.71. The Morgan fingerprint density at radius 1 is 0.466 bits per heavy atom. The predicted molar refractivity (Wildman–Crippen MR) is 340 cm³/mol. The van der Waals surface area contributed by atoms with Gasteiger partial charge in [0.2, 0.25) is 6.29 Å². The fraction of sp³-hybridized carbons (Fsp3) is 0.942. The van der Waals surface area contributed by atoms with E-state index in [4.69, 9.17) is 66.3 Å². The van der Waals surface area contributed by atoms with Gasteiger partial charge in [0.05, 0.1) is 62.2 Å². The lowest BCUT2D eigenvalue weighted by atomic mass is 9.33. The van der Waals surface area contributed by atoms with Crippen molar-refractivity contribution in [1.29, 1.82) is 0 Å². The quantitative estimate of drug-likeness (QED) is 0.0280. The normalized spacial score (nSPS) is 55.2. The van der Waals surface area contributed by atoms with Crippen LogP contribution in [0.15, 0.2) is 11.6 Å². The number of rotatable bonds is 17. The minimum atomic E-state index is -1.99. The Bertz CT molecular complexity index is 2950. The van der Waals surface area contributed by atoms with Crippen LogP contribution in [-0.4, -0.2) is 340 Å². The standard InChI is InChI=1S/C69H110O34/c1-26-38(76)44(82)54(101-59-49(87)45(83)51(27(2)94-59)98-58-50(88)52(32(75)24-92-58)99-56-46(84)39(77)30(73)22-90-56)61(93-26)103-63(89)69-17-15-64(3,4)19-29(69)28-9-10-36-65(5)13-12-37(66(6,25-72)35(65)11-14-68(36,8)67(28,7)16-18-69)97-62-55(102-60-48(86)43(81)41(79)33(20-70)95-60)53(42(80)34(21-71)96-62)100-57-47(85)40(78)31(74)23-91-57/h9,25-27,29-62,70-71,73-88H,10-24H2,1-8H3/t26-,27+,29+,30+,31-,32-,33-,34-,35-,36?,37+,38+,39+,40+,41+,42-,43+,44+,45+,46-,47-,48-,49-,50-,51+,52+,53+,54-,55-,56+,57+,58+,59+,60+,61+,62+,65+,66+,67-,68-,69+/m1/s1. The van der Waals surface area contributed by atoms with Crippen molar-refractivity contribution in [3.8, 4) is 0 Å². The summed E-state index contributed by atoms with van der Waals surface area (Å²) in [7, 11) is 0. The van der Waals surface area contributed by atoms with Crippen LogP contribution in [-0.2, 0) is 75.9 Å². The molecule has 7 heterocycles. The van der Waals surface area contributed by atoms with Crippen molar-refractivity contribution in [2.75, 3.05) is 33.0 Å². The molecule has 0 aromatic heterocycles. The Morgan fingerprint density at radius 3 is 1.61 bits per heavy atom. The summed E-state index contributed by atoms with van der Waals surface area (Å²) in [6.07, 6.45) is -46.6. The van der Waals surface area contributed by atoms with Crippen molar-refractivity contribution in [3.05, 3.63) is 11.6 Å². The molecule has 103 heavy (non-hydrogen) atoms. The largest absolute Gasteiger partial charge is 0.432 e. The molecule has 5 aliphatic carbocycles. The van der Waals surface area contributed by atoms with Gasteiger partial charge in [0.1, 0.15) is 141 Å². The molecular formula is C69H110O34. The molecule has 4 saturated carbocycles. The van der Waals surface area contributed by atoms with Gasteiger partial charge in [-0.1, -0.05) is 53.2 Å². The Hall–Kier alpha value is -2.36. The molecule has 18 N–H and O–H groups in total. The van der Waals surface area contributed by atoms with Crippen molar-refractivity contribution >= 4 is 12.3 Å². The van der Waals surface area contributed by atoms with Gasteiger partial charge in [-0.05, 0) is 117 Å². The highest BCUT2D eigenvalue weighted by Crippen LogP contribution is 2.76. The zero-order chi connectivity index (χ0) is 74.9. The number of carbonyl (C=O) groups excluding carboxylic acids is 2. The second-order valence-corrected chi connectivity index (χ2v) is 33.0. The number of aliphatic hydroxyl groups is 18. The van der Waals surface area contributed by atoms with Crippen LogP contribution in [0.4, 0.5) is 0 Å². The first kappa shape index (κ1) is 80.2. The van der Waals surface area contributed by atoms with Gasteiger partial charge < -0.3 is 163 Å². The molecule has 0 bridgehead atoms. The predicted octanol–water partition coefficient (Wildman–Crippen LogP) is -5.41. The van der Waals surface area contributed by atoms with Crippen molar-refractivity contribution in [2.45, 2.75) is 322 Å². The summed E-state index contributed by atoms with van der Waals surface area (Å²) in [4.78, 5) is 29.9. The first-order chi connectivity index (χ1) is 48.4. The monoisotopic (exact) mass is 1480 g/mol. The van der Waals surface area contributed by atoms with Crippen LogP contribution < -0.4 is 0 Å². The lowest BCUT2D eigenvalue weighted by Crippen LogP contribution is -2.68. The fourth-order valence-corrected chi connectivity index (χ4v) is 19.9. The van der Waals surface area contributed by atoms with E-state index in [0.29, 0.717) is 57.8 Å². The van der Waals surface area contributed by atoms with Gasteiger partial charge in [0.25, 0.3) is 0 Å². The number of hydrogen-bond donors (Lipinski definition) is 18. The molecule has 0 radical (unpaired) electrons. The van der Waals surface area contributed by atoms with Gasteiger partial charge >= 0.3 is 5.97 Å². The van der Waals surface area contributed by atoms with Crippen molar-refractivity contribution in [1.82, 2.24) is 0 Å². The molecule has 7 aliphatic heterocycles. The number of carbonyl (C=O) groups is 2. The topological polar surface area (TPSA) is 528 Å². The molecular weight excluding hydrogens is 1370 g/mol. The van der Waals surface area contributed by atoms with E-state index in [2.05, 4.69) is 40.7 Å². The van der Waals surface area contributed by atoms with E-state index in [1.807, 2.05) is 6.92 Å². The third kappa shape index (κ3) is 14.0. The first-order valence-electron chi connectivity index (χ1n) is 36.3. The molecule has 0 amide bonds. The second kappa shape index (κ2) is 30.4. The number of allylic oxidation sites excluding steroid dienone is 2. The molecule has 34 heteroatoms. The van der Waals surface area contributed by atoms with Crippen LogP contribution in [0.25, 0.3) is 0 Å². The molecule has 7 saturated heterocycles. The minimum absolute atomic E-state index is 0.0535. The van der Waals surface area contributed by atoms with Gasteiger partial charge in [-0.15, -0.1) is 0 Å². The number of aldehydes is 1. The molecule has 12 aliphatic rings. The second-order valence-electron chi connectivity index (χ2n) is 33.0. The molecule has 11 fully saturated rings. The van der Waals surface area contributed by atoms with E-state index in [-0.39, 0.29) is 29.6 Å². The first-order valence-corrected chi connectivity index (χ1v) is 36.3. The number of hydrogen-bond acceptors (Lipinski definition) is 34. The summed E-state index contributed by atoms with van der Waals surface area (Å²) in [5, 5.41) is 196. The zero-order valence-electron chi connectivity index (χ0n) is 59.1. The maximum absolute atomic E-state index is 15.7. The van der Waals surface area contributed by atoms with Crippen LogP contribution in [0.5, 0.6) is 0 Å². The number of fused-ring (bicyclic) bond motifs is 7. The number of esters is 1. The van der Waals surface area contributed by atoms with Gasteiger partial charge in [0, 0.05) is 0 Å². The summed E-state index contributed by atoms with van der Waals surface area (Å²) in [5.41, 5.74) is -3.11. The summed E-state index contributed by atoms with van der Waals surface area (Å²) < 4.78 is 84.4. The SMILES string of the molecule is C[C@@H]1O[C@@H](O[C@H]2[C@H](OC(=O)[C@]34CCC(C)(C)C[C@H]3C3=CCC5[C@@]6(C)CC[C@H](O[C@@H]7O[C@H](CO)[C@@H](O)[C@H](O[C@@H]8OC[C@@H](O)[C@H](O)[C@H]8O)[C@H]7O[C@@H]7O[C@H](CO)[C@H](O)[C@H](O)[C@H]7O)[C@@](C)(C=O)[C@@H]6CC[C@@]5(C)[C@]3(C)CC4)O[C@H](C)[C@H](O)[C@@H]2O)[C@H](O)[C@H](O)[C@H]1O[C@@H]1OC[C@@H](O)[C@H](O[C@@H]2OC[C@H](O)[C@H](O)[C@H]2O)[C@H]1O.